The Bertz CT molecular complexity index is 301. The molecule has 0 saturated carbocycles. The predicted molar refractivity (Wildman–Crippen MR) is 71.0 cm³/mol. The van der Waals surface area contributed by atoms with Gasteiger partial charge in [-0.1, -0.05) is 5.92 Å². The number of aliphatic hydroxyl groups excluding tert-OH is 1. The molecule has 1 heterocycles. The summed E-state index contributed by atoms with van der Waals surface area (Å²) >= 11 is 0. The zero-order valence-electron chi connectivity index (χ0n) is 11.1. The lowest BCUT2D eigenvalue weighted by Gasteiger charge is -2.26. The van der Waals surface area contributed by atoms with Crippen molar-refractivity contribution in [1.29, 1.82) is 0 Å². The van der Waals surface area contributed by atoms with E-state index >= 15 is 0 Å². The zero-order chi connectivity index (χ0) is 13.4. The molecule has 0 aromatic rings. The minimum atomic E-state index is -0.146. The summed E-state index contributed by atoms with van der Waals surface area (Å²) in [5, 5.41) is 11.6. The molecular formula is C13H23N3O2. The number of aliphatic hydroxyl groups is 1. The van der Waals surface area contributed by atoms with E-state index in [1.807, 2.05) is 6.92 Å². The highest BCUT2D eigenvalue weighted by atomic mass is 16.3. The first kappa shape index (κ1) is 15.0. The first-order valence-corrected chi connectivity index (χ1v) is 6.47. The SMILES string of the molecule is C#CCNC(=O)C(C)N1CCCN(CCO)CC1. The Morgan fingerprint density at radius 1 is 1.44 bits per heavy atom. The number of carbonyl (C=O) groups excluding carboxylic acids is 1. The number of rotatable bonds is 5. The lowest BCUT2D eigenvalue weighted by molar-refractivity contribution is -0.125. The topological polar surface area (TPSA) is 55.8 Å². The van der Waals surface area contributed by atoms with Crippen molar-refractivity contribution in [2.24, 2.45) is 0 Å². The van der Waals surface area contributed by atoms with Gasteiger partial charge in [-0.3, -0.25) is 14.6 Å². The van der Waals surface area contributed by atoms with E-state index in [1.54, 1.807) is 0 Å². The summed E-state index contributed by atoms with van der Waals surface area (Å²) in [5.41, 5.74) is 0. The van der Waals surface area contributed by atoms with Gasteiger partial charge in [0.1, 0.15) is 0 Å². The molecule has 1 aliphatic heterocycles. The van der Waals surface area contributed by atoms with Gasteiger partial charge in [-0.05, 0) is 19.9 Å². The van der Waals surface area contributed by atoms with Crippen molar-refractivity contribution in [3.8, 4) is 12.3 Å². The Morgan fingerprint density at radius 3 is 2.89 bits per heavy atom. The molecule has 102 valence electrons. The summed E-state index contributed by atoms with van der Waals surface area (Å²) in [5.74, 6) is 2.40. The minimum absolute atomic E-state index is 0.0106. The highest BCUT2D eigenvalue weighted by Gasteiger charge is 2.23. The molecule has 1 saturated heterocycles. The Kier molecular flexibility index (Phi) is 6.73. The van der Waals surface area contributed by atoms with Crippen LogP contribution in [0.4, 0.5) is 0 Å². The molecule has 0 radical (unpaired) electrons. The van der Waals surface area contributed by atoms with Gasteiger partial charge < -0.3 is 10.4 Å². The molecule has 1 amide bonds. The van der Waals surface area contributed by atoms with Crippen LogP contribution in [-0.4, -0.2) is 72.7 Å². The minimum Gasteiger partial charge on any atom is -0.395 e. The number of β-amino-alcohol motifs (C(OH)–C–C–N with tert-alkyl or cyclic N) is 1. The molecule has 18 heavy (non-hydrogen) atoms. The summed E-state index contributed by atoms with van der Waals surface area (Å²) in [4.78, 5) is 16.2. The van der Waals surface area contributed by atoms with Crippen LogP contribution >= 0.6 is 0 Å². The van der Waals surface area contributed by atoms with Crippen LogP contribution in [0.3, 0.4) is 0 Å². The van der Waals surface area contributed by atoms with Crippen molar-refractivity contribution < 1.29 is 9.90 Å². The van der Waals surface area contributed by atoms with Crippen LogP contribution in [0, 0.1) is 12.3 Å². The van der Waals surface area contributed by atoms with Crippen LogP contribution in [0.15, 0.2) is 0 Å². The summed E-state index contributed by atoms with van der Waals surface area (Å²) in [6.45, 7) is 6.74. The highest BCUT2D eigenvalue weighted by molar-refractivity contribution is 5.81. The Morgan fingerprint density at radius 2 is 2.22 bits per heavy atom. The molecule has 1 rings (SSSR count). The van der Waals surface area contributed by atoms with Crippen LogP contribution < -0.4 is 5.32 Å². The van der Waals surface area contributed by atoms with E-state index in [4.69, 9.17) is 11.5 Å². The van der Waals surface area contributed by atoms with E-state index in [1.165, 1.54) is 0 Å². The normalized spacial score (nSPS) is 19.8. The average Bonchev–Trinajstić information content (AvgIpc) is 2.61. The molecule has 2 N–H and O–H groups in total. The Hall–Kier alpha value is -1.09. The molecule has 0 aromatic carbocycles. The summed E-state index contributed by atoms with van der Waals surface area (Å²) in [7, 11) is 0. The van der Waals surface area contributed by atoms with E-state index < -0.39 is 0 Å². The van der Waals surface area contributed by atoms with Gasteiger partial charge in [0.05, 0.1) is 19.2 Å². The summed E-state index contributed by atoms with van der Waals surface area (Å²) in [6.07, 6.45) is 6.14. The maximum Gasteiger partial charge on any atom is 0.237 e. The van der Waals surface area contributed by atoms with E-state index in [0.29, 0.717) is 6.54 Å². The molecule has 1 unspecified atom stereocenters. The van der Waals surface area contributed by atoms with Gasteiger partial charge >= 0.3 is 0 Å². The van der Waals surface area contributed by atoms with Crippen molar-refractivity contribution in [3.63, 3.8) is 0 Å². The van der Waals surface area contributed by atoms with Crippen molar-refractivity contribution >= 4 is 5.91 Å². The molecule has 1 atom stereocenters. The maximum absolute atomic E-state index is 11.8. The summed E-state index contributed by atoms with van der Waals surface area (Å²) in [6, 6.07) is -0.146. The molecule has 1 fully saturated rings. The molecule has 1 aliphatic rings. The third-order valence-electron chi connectivity index (χ3n) is 3.33. The molecule has 5 nitrogen and oxygen atoms in total. The number of nitrogens with one attached hydrogen (secondary N) is 1. The van der Waals surface area contributed by atoms with Gasteiger partial charge in [0.2, 0.25) is 5.91 Å². The van der Waals surface area contributed by atoms with Crippen LogP contribution in [-0.2, 0) is 4.79 Å². The van der Waals surface area contributed by atoms with Gasteiger partial charge in [0.25, 0.3) is 0 Å². The third kappa shape index (κ3) is 4.65. The van der Waals surface area contributed by atoms with Gasteiger partial charge in [-0.25, -0.2) is 0 Å². The van der Waals surface area contributed by atoms with Crippen LogP contribution in [0.2, 0.25) is 0 Å². The quantitative estimate of drug-likeness (QED) is 0.625. The molecule has 0 aromatic heterocycles. The number of amides is 1. The average molecular weight is 253 g/mol. The number of terminal acetylenes is 1. The molecule has 0 bridgehead atoms. The van der Waals surface area contributed by atoms with Crippen LogP contribution in [0.1, 0.15) is 13.3 Å². The van der Waals surface area contributed by atoms with Gasteiger partial charge in [-0.15, -0.1) is 6.42 Å². The fourth-order valence-electron chi connectivity index (χ4n) is 2.19. The largest absolute Gasteiger partial charge is 0.395 e. The zero-order valence-corrected chi connectivity index (χ0v) is 11.1. The lowest BCUT2D eigenvalue weighted by atomic mass is 10.2. The van der Waals surface area contributed by atoms with E-state index in [0.717, 1.165) is 32.6 Å². The number of hydrogen-bond acceptors (Lipinski definition) is 4. The van der Waals surface area contributed by atoms with Gasteiger partial charge in [0, 0.05) is 26.2 Å². The van der Waals surface area contributed by atoms with Crippen molar-refractivity contribution in [2.75, 3.05) is 45.9 Å². The van der Waals surface area contributed by atoms with Crippen molar-refractivity contribution in [3.05, 3.63) is 0 Å². The second kappa shape index (κ2) is 8.09. The fraction of sp³-hybridized carbons (Fsp3) is 0.769. The number of carbonyl (C=O) groups is 1. The van der Waals surface area contributed by atoms with Crippen LogP contribution in [0.5, 0.6) is 0 Å². The smallest absolute Gasteiger partial charge is 0.237 e. The standard InChI is InChI=1S/C13H23N3O2/c1-3-5-14-13(18)12(2)16-7-4-6-15(8-9-16)10-11-17/h1,12,17H,4-11H2,2H3,(H,14,18). The maximum atomic E-state index is 11.8. The van der Waals surface area contributed by atoms with Crippen molar-refractivity contribution in [1.82, 2.24) is 15.1 Å². The third-order valence-corrected chi connectivity index (χ3v) is 3.33. The van der Waals surface area contributed by atoms with Crippen molar-refractivity contribution in [2.45, 2.75) is 19.4 Å². The van der Waals surface area contributed by atoms with Crippen LogP contribution in [0.25, 0.3) is 0 Å². The monoisotopic (exact) mass is 253 g/mol. The van der Waals surface area contributed by atoms with E-state index in [2.05, 4.69) is 21.0 Å². The van der Waals surface area contributed by atoms with E-state index in [-0.39, 0.29) is 25.1 Å². The first-order chi connectivity index (χ1) is 8.69. The Balaban J connectivity index is 2.42. The summed E-state index contributed by atoms with van der Waals surface area (Å²) < 4.78 is 0. The number of hydrogen-bond donors (Lipinski definition) is 2. The Labute approximate surface area is 109 Å². The molecule has 0 spiro atoms. The van der Waals surface area contributed by atoms with Gasteiger partial charge in [0.15, 0.2) is 0 Å². The molecule has 5 heteroatoms. The fourth-order valence-corrected chi connectivity index (χ4v) is 2.19. The first-order valence-electron chi connectivity index (χ1n) is 6.47. The second-order valence-electron chi connectivity index (χ2n) is 4.55. The highest BCUT2D eigenvalue weighted by Crippen LogP contribution is 2.07. The van der Waals surface area contributed by atoms with E-state index in [9.17, 15) is 4.79 Å². The van der Waals surface area contributed by atoms with Gasteiger partial charge in [-0.2, -0.15) is 0 Å². The lowest BCUT2D eigenvalue weighted by Crippen LogP contribution is -2.46. The number of nitrogens with zero attached hydrogens (tertiary/aromatic N) is 2. The molecule has 0 aliphatic carbocycles. The second-order valence-corrected chi connectivity index (χ2v) is 4.55. The predicted octanol–water partition coefficient (Wildman–Crippen LogP) is -0.876. The molecular weight excluding hydrogens is 230 g/mol.